The highest BCUT2D eigenvalue weighted by molar-refractivity contribution is 6.31. The van der Waals surface area contributed by atoms with Gasteiger partial charge in [0.25, 0.3) is 6.43 Å². The second-order valence-corrected chi connectivity index (χ2v) is 12.5. The van der Waals surface area contributed by atoms with Crippen LogP contribution in [0.1, 0.15) is 62.1 Å². The molecule has 2 aliphatic heterocycles. The number of carbonyl (C=O) groups excluding carboxylic acids is 2. The van der Waals surface area contributed by atoms with Gasteiger partial charge in [0, 0.05) is 43.7 Å². The summed E-state index contributed by atoms with van der Waals surface area (Å²) in [4.78, 5) is 42.8. The van der Waals surface area contributed by atoms with Crippen molar-refractivity contribution in [3.63, 3.8) is 0 Å². The predicted molar refractivity (Wildman–Crippen MR) is 150 cm³/mol. The van der Waals surface area contributed by atoms with Crippen LogP contribution in [-0.4, -0.2) is 77.4 Å². The number of carboxylic acid groups (broad SMARTS) is 1. The minimum Gasteiger partial charge on any atom is -0.487 e. The highest BCUT2D eigenvalue weighted by Gasteiger charge is 2.53. The lowest BCUT2D eigenvalue weighted by molar-refractivity contribution is -0.154. The van der Waals surface area contributed by atoms with Crippen LogP contribution >= 0.6 is 11.6 Å². The van der Waals surface area contributed by atoms with Crippen molar-refractivity contribution in [3.05, 3.63) is 39.7 Å². The van der Waals surface area contributed by atoms with Crippen LogP contribution in [0.5, 0.6) is 5.75 Å². The van der Waals surface area contributed by atoms with Crippen molar-refractivity contribution in [1.82, 2.24) is 14.8 Å². The van der Waals surface area contributed by atoms with Crippen molar-refractivity contribution in [2.75, 3.05) is 33.3 Å². The van der Waals surface area contributed by atoms with Crippen molar-refractivity contribution in [2.45, 2.75) is 63.8 Å². The SMILES string of the molecule is CN(N)/C(=C(\N)COc1ccc(Cl)c2c1[C@@H](CN1CC3(CC3)CC1=O)N(C(=O)[C@@H]1CCCC[C@@H]1C(=O)O)CC2)C(F)F. The maximum atomic E-state index is 14.1. The number of ether oxygens (including phenoxy) is 1. The number of benzene rings is 1. The molecule has 230 valence electrons. The quantitative estimate of drug-likeness (QED) is 0.286. The number of carbonyl (C=O) groups is 3. The Kier molecular flexibility index (Phi) is 8.58. The molecule has 0 radical (unpaired) electrons. The summed E-state index contributed by atoms with van der Waals surface area (Å²) in [5.74, 6) is 3.17. The zero-order valence-corrected chi connectivity index (χ0v) is 24.4. The van der Waals surface area contributed by atoms with Gasteiger partial charge < -0.3 is 30.4 Å². The molecule has 2 saturated carbocycles. The molecule has 4 aliphatic rings. The van der Waals surface area contributed by atoms with Gasteiger partial charge in [-0.25, -0.2) is 14.6 Å². The highest BCUT2D eigenvalue weighted by atomic mass is 35.5. The fraction of sp³-hybridized carbons (Fsp3) is 0.621. The predicted octanol–water partition coefficient (Wildman–Crippen LogP) is 3.29. The summed E-state index contributed by atoms with van der Waals surface area (Å²) in [5, 5.41) is 11.1. The number of halogens is 3. The molecule has 2 heterocycles. The van der Waals surface area contributed by atoms with Crippen LogP contribution in [0.25, 0.3) is 0 Å². The molecule has 1 spiro atoms. The Labute approximate surface area is 248 Å². The Morgan fingerprint density at radius 1 is 1.24 bits per heavy atom. The first-order valence-corrected chi connectivity index (χ1v) is 14.8. The van der Waals surface area contributed by atoms with Gasteiger partial charge in [0.15, 0.2) is 0 Å². The normalized spacial score (nSPS) is 25.4. The Hall–Kier alpha value is -3.12. The molecular weight excluding hydrogens is 572 g/mol. The van der Waals surface area contributed by atoms with E-state index in [1.807, 2.05) is 0 Å². The van der Waals surface area contributed by atoms with Crippen LogP contribution in [0.4, 0.5) is 8.78 Å². The number of amides is 2. The van der Waals surface area contributed by atoms with Gasteiger partial charge in [-0.1, -0.05) is 24.4 Å². The average molecular weight is 610 g/mol. The molecule has 2 aliphatic carbocycles. The van der Waals surface area contributed by atoms with E-state index in [2.05, 4.69) is 0 Å². The van der Waals surface area contributed by atoms with E-state index < -0.39 is 42.6 Å². The molecule has 13 heteroatoms. The summed E-state index contributed by atoms with van der Waals surface area (Å²) in [6.45, 7) is 0.685. The van der Waals surface area contributed by atoms with Gasteiger partial charge in [-0.15, -0.1) is 0 Å². The molecule has 2 amide bonds. The zero-order valence-electron chi connectivity index (χ0n) is 23.7. The highest BCUT2D eigenvalue weighted by Crippen LogP contribution is 2.54. The van der Waals surface area contributed by atoms with E-state index in [4.69, 9.17) is 27.9 Å². The van der Waals surface area contributed by atoms with Gasteiger partial charge in [0.1, 0.15) is 18.1 Å². The summed E-state index contributed by atoms with van der Waals surface area (Å²) >= 11 is 6.64. The van der Waals surface area contributed by atoms with Crippen molar-refractivity contribution >= 4 is 29.4 Å². The summed E-state index contributed by atoms with van der Waals surface area (Å²) in [5.41, 5.74) is 6.46. The van der Waals surface area contributed by atoms with Crippen molar-refractivity contribution < 1.29 is 33.0 Å². The molecule has 10 nitrogen and oxygen atoms in total. The number of rotatable bonds is 9. The van der Waals surface area contributed by atoms with Crippen LogP contribution in [-0.2, 0) is 20.8 Å². The Morgan fingerprint density at radius 2 is 1.93 bits per heavy atom. The van der Waals surface area contributed by atoms with Crippen molar-refractivity contribution in [1.29, 1.82) is 0 Å². The van der Waals surface area contributed by atoms with E-state index in [-0.39, 0.29) is 29.5 Å². The van der Waals surface area contributed by atoms with Crippen LogP contribution in [0.15, 0.2) is 23.5 Å². The number of likely N-dealkylation sites (tertiary alicyclic amines) is 1. The van der Waals surface area contributed by atoms with Crippen LogP contribution < -0.4 is 16.3 Å². The molecule has 1 saturated heterocycles. The van der Waals surface area contributed by atoms with Gasteiger partial charge >= 0.3 is 5.97 Å². The number of aliphatic carboxylic acids is 1. The summed E-state index contributed by atoms with van der Waals surface area (Å²) < 4.78 is 33.2. The molecule has 0 aromatic heterocycles. The van der Waals surface area contributed by atoms with Crippen LogP contribution in [0, 0.1) is 17.3 Å². The number of nitrogens with zero attached hydrogens (tertiary/aromatic N) is 3. The van der Waals surface area contributed by atoms with E-state index in [9.17, 15) is 28.3 Å². The first-order valence-electron chi connectivity index (χ1n) is 14.4. The van der Waals surface area contributed by atoms with Gasteiger partial charge in [0.05, 0.1) is 23.6 Å². The van der Waals surface area contributed by atoms with Crippen molar-refractivity contribution in [3.8, 4) is 5.75 Å². The molecule has 5 rings (SSSR count). The third-order valence-corrected chi connectivity index (χ3v) is 9.66. The molecule has 0 bridgehead atoms. The minimum absolute atomic E-state index is 0.00593. The fourth-order valence-electron chi connectivity index (χ4n) is 6.91. The molecule has 42 heavy (non-hydrogen) atoms. The molecule has 1 aromatic rings. The first-order chi connectivity index (χ1) is 19.9. The van der Waals surface area contributed by atoms with E-state index in [0.717, 1.165) is 36.3 Å². The minimum atomic E-state index is -2.92. The third-order valence-electron chi connectivity index (χ3n) is 9.31. The number of hydrogen-bond donors (Lipinski definition) is 3. The summed E-state index contributed by atoms with van der Waals surface area (Å²) in [6.07, 6.45) is 2.31. The van der Waals surface area contributed by atoms with Gasteiger partial charge in [0.2, 0.25) is 11.8 Å². The monoisotopic (exact) mass is 609 g/mol. The molecule has 3 fully saturated rings. The Morgan fingerprint density at radius 3 is 2.52 bits per heavy atom. The van der Waals surface area contributed by atoms with E-state index in [1.54, 1.807) is 21.9 Å². The molecule has 0 unspecified atom stereocenters. The van der Waals surface area contributed by atoms with Gasteiger partial charge in [-0.2, -0.15) is 0 Å². The third kappa shape index (κ3) is 5.88. The number of hydrogen-bond acceptors (Lipinski definition) is 7. The summed E-state index contributed by atoms with van der Waals surface area (Å²) in [6, 6.07) is 2.59. The lowest BCUT2D eigenvalue weighted by Gasteiger charge is -2.43. The van der Waals surface area contributed by atoms with Gasteiger partial charge in [-0.3, -0.25) is 14.4 Å². The van der Waals surface area contributed by atoms with E-state index in [1.165, 1.54) is 7.05 Å². The summed E-state index contributed by atoms with van der Waals surface area (Å²) in [7, 11) is 1.26. The molecule has 1 aromatic carbocycles. The Balaban J connectivity index is 1.52. The van der Waals surface area contributed by atoms with Gasteiger partial charge in [-0.05, 0) is 55.2 Å². The number of fused-ring (bicyclic) bond motifs is 1. The maximum absolute atomic E-state index is 14.1. The maximum Gasteiger partial charge on any atom is 0.307 e. The number of alkyl halides is 2. The molecular formula is C29H38ClF2N5O5. The molecule has 5 N–H and O–H groups in total. The largest absolute Gasteiger partial charge is 0.487 e. The second-order valence-electron chi connectivity index (χ2n) is 12.1. The van der Waals surface area contributed by atoms with E-state index in [0.29, 0.717) is 55.1 Å². The average Bonchev–Trinajstić information content (AvgIpc) is 3.62. The fourth-order valence-corrected chi connectivity index (χ4v) is 7.17. The smallest absolute Gasteiger partial charge is 0.307 e. The lowest BCUT2D eigenvalue weighted by Crippen LogP contribution is -2.50. The lowest BCUT2D eigenvalue weighted by atomic mass is 9.77. The van der Waals surface area contributed by atoms with Crippen LogP contribution in [0.2, 0.25) is 5.02 Å². The number of nitrogens with two attached hydrogens (primary N) is 2. The zero-order chi connectivity index (χ0) is 30.3. The van der Waals surface area contributed by atoms with E-state index >= 15 is 0 Å². The number of allylic oxidation sites excluding steroid dienone is 1. The first kappa shape index (κ1) is 30.3. The topological polar surface area (TPSA) is 142 Å². The van der Waals surface area contributed by atoms with Crippen molar-refractivity contribution in [2.24, 2.45) is 28.8 Å². The standard InChI is InChI=1S/C29H38ClF2N5O5/c1-35(34)25(26(31)32)20(33)14-42-22-7-6-19(30)18-8-11-37(27(39)16-4-2-3-5-17(16)28(40)41)21(24(18)22)13-36-15-29(9-10-29)12-23(36)38/h6-7,16-17,21,26H,2-5,8-15,33-34H2,1H3,(H,40,41)/b25-20-/t16-,17+,21-/m1/s1. The molecule has 3 atom stereocenters. The Bertz CT molecular complexity index is 1280. The second kappa shape index (κ2) is 11.9. The number of hydrazine groups is 1. The number of carboxylic acids is 1. The van der Waals surface area contributed by atoms with Crippen LogP contribution in [0.3, 0.4) is 0 Å².